The van der Waals surface area contributed by atoms with E-state index in [1.807, 2.05) is 0 Å². The van der Waals surface area contributed by atoms with Crippen LogP contribution in [0.4, 0.5) is 0 Å². The fraction of sp³-hybridized carbons (Fsp3) is 0.647. The topological polar surface area (TPSA) is 29.3 Å². The maximum absolute atomic E-state index is 6.73. The second kappa shape index (κ2) is 6.17. The average Bonchev–Trinajstić information content (AvgIpc) is 3.12. The van der Waals surface area contributed by atoms with E-state index < -0.39 is 0 Å². The van der Waals surface area contributed by atoms with Crippen LogP contribution in [0.2, 0.25) is 0 Å². The quantitative estimate of drug-likeness (QED) is 0.907. The zero-order chi connectivity index (χ0) is 14.0. The van der Waals surface area contributed by atoms with Gasteiger partial charge in [0.25, 0.3) is 0 Å². The lowest BCUT2D eigenvalue weighted by molar-refractivity contribution is 0.0921. The van der Waals surface area contributed by atoms with Crippen molar-refractivity contribution in [2.45, 2.75) is 56.5 Å². The molecule has 0 aromatic heterocycles. The van der Waals surface area contributed by atoms with E-state index in [0.717, 1.165) is 6.42 Å². The number of benzene rings is 1. The minimum absolute atomic E-state index is 0.252. The van der Waals surface area contributed by atoms with Crippen molar-refractivity contribution in [3.8, 4) is 0 Å². The molecule has 110 valence electrons. The van der Waals surface area contributed by atoms with Crippen LogP contribution in [0.25, 0.3) is 0 Å². The molecule has 1 unspecified atom stereocenters. The molecule has 2 nitrogen and oxygen atoms in total. The molecule has 0 amide bonds. The minimum atomic E-state index is 0.252. The molecule has 1 saturated carbocycles. The summed E-state index contributed by atoms with van der Waals surface area (Å²) < 4.78 is 1.20. The van der Waals surface area contributed by atoms with Crippen LogP contribution < -0.4 is 5.73 Å². The fourth-order valence-electron chi connectivity index (χ4n) is 4.16. The summed E-state index contributed by atoms with van der Waals surface area (Å²) in [5, 5.41) is 0. The third kappa shape index (κ3) is 2.68. The van der Waals surface area contributed by atoms with Crippen LogP contribution in [0.5, 0.6) is 0 Å². The first-order chi connectivity index (χ1) is 9.72. The van der Waals surface area contributed by atoms with Crippen molar-refractivity contribution < 1.29 is 0 Å². The Morgan fingerprint density at radius 3 is 2.40 bits per heavy atom. The maximum Gasteiger partial charge on any atom is 0.0363 e. The Hall–Kier alpha value is -0.380. The molecule has 2 aliphatic rings. The van der Waals surface area contributed by atoms with Gasteiger partial charge in [0.2, 0.25) is 0 Å². The highest BCUT2D eigenvalue weighted by molar-refractivity contribution is 9.10. The van der Waals surface area contributed by atoms with Gasteiger partial charge in [-0.1, -0.05) is 47.0 Å². The number of rotatable bonds is 4. The van der Waals surface area contributed by atoms with E-state index in [4.69, 9.17) is 5.73 Å². The summed E-state index contributed by atoms with van der Waals surface area (Å²) in [6.45, 7) is 2.51. The molecular weight excluding hydrogens is 312 g/mol. The first-order valence-corrected chi connectivity index (χ1v) is 8.76. The number of likely N-dealkylation sites (tertiary alicyclic amines) is 1. The van der Waals surface area contributed by atoms with Crippen molar-refractivity contribution in [1.29, 1.82) is 0 Å². The van der Waals surface area contributed by atoms with Gasteiger partial charge in [-0.15, -0.1) is 0 Å². The molecule has 2 N–H and O–H groups in total. The van der Waals surface area contributed by atoms with Crippen LogP contribution in [-0.2, 0) is 6.42 Å². The Morgan fingerprint density at radius 1 is 1.10 bits per heavy atom. The van der Waals surface area contributed by atoms with Gasteiger partial charge in [0.05, 0.1) is 0 Å². The smallest absolute Gasteiger partial charge is 0.0363 e. The molecule has 1 aliphatic carbocycles. The summed E-state index contributed by atoms with van der Waals surface area (Å²) in [6.07, 6.45) is 8.96. The van der Waals surface area contributed by atoms with Crippen LogP contribution in [0.1, 0.15) is 44.1 Å². The van der Waals surface area contributed by atoms with E-state index in [1.165, 1.54) is 61.7 Å². The van der Waals surface area contributed by atoms with Crippen molar-refractivity contribution in [2.75, 3.05) is 13.1 Å². The highest BCUT2D eigenvalue weighted by Gasteiger charge is 2.45. The van der Waals surface area contributed by atoms with E-state index >= 15 is 0 Å². The maximum atomic E-state index is 6.73. The van der Waals surface area contributed by atoms with E-state index in [1.54, 1.807) is 0 Å². The Labute approximate surface area is 130 Å². The first kappa shape index (κ1) is 14.6. The summed E-state index contributed by atoms with van der Waals surface area (Å²) in [5.74, 6) is 0. The summed E-state index contributed by atoms with van der Waals surface area (Å²) >= 11 is 3.67. The highest BCUT2D eigenvalue weighted by atomic mass is 79.9. The van der Waals surface area contributed by atoms with E-state index in [0.29, 0.717) is 0 Å². The van der Waals surface area contributed by atoms with Gasteiger partial charge in [0, 0.05) is 16.1 Å². The lowest BCUT2D eigenvalue weighted by atomic mass is 9.83. The Morgan fingerprint density at radius 2 is 1.75 bits per heavy atom. The van der Waals surface area contributed by atoms with E-state index in [9.17, 15) is 0 Å². The molecule has 1 aromatic rings. The molecule has 3 heteroatoms. The second-order valence-electron chi connectivity index (χ2n) is 6.41. The molecule has 0 bridgehead atoms. The molecule has 1 heterocycles. The summed E-state index contributed by atoms with van der Waals surface area (Å²) in [6, 6.07) is 8.77. The monoisotopic (exact) mass is 336 g/mol. The molecule has 1 saturated heterocycles. The van der Waals surface area contributed by atoms with Gasteiger partial charge >= 0.3 is 0 Å². The number of hydrogen-bond donors (Lipinski definition) is 1. The summed E-state index contributed by atoms with van der Waals surface area (Å²) in [4.78, 5) is 2.71. The fourth-order valence-corrected chi connectivity index (χ4v) is 4.61. The van der Waals surface area contributed by atoms with E-state index in [-0.39, 0.29) is 11.6 Å². The van der Waals surface area contributed by atoms with Gasteiger partial charge in [0.15, 0.2) is 0 Å². The molecule has 0 radical (unpaired) electrons. The van der Waals surface area contributed by atoms with Crippen LogP contribution in [0.15, 0.2) is 28.7 Å². The van der Waals surface area contributed by atoms with Crippen molar-refractivity contribution in [1.82, 2.24) is 4.90 Å². The number of hydrogen-bond acceptors (Lipinski definition) is 2. The van der Waals surface area contributed by atoms with Gasteiger partial charge in [-0.05, 0) is 56.8 Å². The largest absolute Gasteiger partial charge is 0.326 e. The normalized spacial score (nSPS) is 24.1. The van der Waals surface area contributed by atoms with Crippen LogP contribution in [-0.4, -0.2) is 29.6 Å². The molecule has 20 heavy (non-hydrogen) atoms. The number of nitrogens with zero attached hydrogens (tertiary/aromatic N) is 1. The number of halogens is 1. The lowest BCUT2D eigenvalue weighted by Gasteiger charge is -2.43. The SMILES string of the molecule is NC(Cc1ccccc1Br)C1(N2CCCC2)CCCC1. The first-order valence-electron chi connectivity index (χ1n) is 7.96. The predicted molar refractivity (Wildman–Crippen MR) is 87.8 cm³/mol. The standard InChI is InChI=1S/C17H25BrN2/c18-15-8-2-1-7-14(15)13-16(19)17(9-3-4-10-17)20-11-5-6-12-20/h1-2,7-8,16H,3-6,9-13,19H2. The van der Waals surface area contributed by atoms with E-state index in [2.05, 4.69) is 45.1 Å². The Kier molecular flexibility index (Phi) is 4.49. The van der Waals surface area contributed by atoms with Gasteiger partial charge < -0.3 is 5.73 Å². The van der Waals surface area contributed by atoms with Gasteiger partial charge in [-0.25, -0.2) is 0 Å². The Balaban J connectivity index is 1.79. The second-order valence-corrected chi connectivity index (χ2v) is 7.26. The van der Waals surface area contributed by atoms with Crippen molar-refractivity contribution >= 4 is 15.9 Å². The molecule has 1 atom stereocenters. The summed E-state index contributed by atoms with van der Waals surface area (Å²) in [5.41, 5.74) is 8.35. The van der Waals surface area contributed by atoms with Crippen molar-refractivity contribution in [2.24, 2.45) is 5.73 Å². The molecular formula is C17H25BrN2. The third-order valence-corrected chi connectivity index (χ3v) is 6.07. The summed E-state index contributed by atoms with van der Waals surface area (Å²) in [7, 11) is 0. The molecule has 0 spiro atoms. The van der Waals surface area contributed by atoms with Crippen LogP contribution in [0.3, 0.4) is 0 Å². The van der Waals surface area contributed by atoms with Crippen molar-refractivity contribution in [3.63, 3.8) is 0 Å². The number of nitrogens with two attached hydrogens (primary N) is 1. The van der Waals surface area contributed by atoms with Crippen molar-refractivity contribution in [3.05, 3.63) is 34.3 Å². The average molecular weight is 337 g/mol. The Bertz CT molecular complexity index is 448. The van der Waals surface area contributed by atoms with Crippen LogP contribution >= 0.6 is 15.9 Å². The zero-order valence-electron chi connectivity index (χ0n) is 12.2. The molecule has 3 rings (SSSR count). The highest BCUT2D eigenvalue weighted by Crippen LogP contribution is 2.40. The predicted octanol–water partition coefficient (Wildman–Crippen LogP) is 3.73. The molecule has 2 fully saturated rings. The van der Waals surface area contributed by atoms with Gasteiger partial charge in [-0.3, -0.25) is 4.90 Å². The zero-order valence-corrected chi connectivity index (χ0v) is 13.7. The van der Waals surface area contributed by atoms with Gasteiger partial charge in [0.1, 0.15) is 0 Å². The molecule has 1 aromatic carbocycles. The lowest BCUT2D eigenvalue weighted by Crippen LogP contribution is -2.58. The molecule has 1 aliphatic heterocycles. The minimum Gasteiger partial charge on any atom is -0.326 e. The van der Waals surface area contributed by atoms with Crippen LogP contribution in [0, 0.1) is 0 Å². The third-order valence-electron chi connectivity index (χ3n) is 5.29. The van der Waals surface area contributed by atoms with Gasteiger partial charge in [-0.2, -0.15) is 0 Å².